The molecule has 6 aliphatic rings. The van der Waals surface area contributed by atoms with Gasteiger partial charge in [-0.1, -0.05) is 19.9 Å². The van der Waals surface area contributed by atoms with Gasteiger partial charge in [0.2, 0.25) is 0 Å². The molecule has 1 aromatic heterocycles. The van der Waals surface area contributed by atoms with Gasteiger partial charge in [0.1, 0.15) is 12.2 Å². The zero-order chi connectivity index (χ0) is 33.9. The summed E-state index contributed by atoms with van der Waals surface area (Å²) in [6.45, 7) is 7.68. The van der Waals surface area contributed by atoms with Gasteiger partial charge in [-0.2, -0.15) is 0 Å². The van der Waals surface area contributed by atoms with Gasteiger partial charge < -0.3 is 34.9 Å². The van der Waals surface area contributed by atoms with Gasteiger partial charge >= 0.3 is 18.0 Å². The third kappa shape index (κ3) is 4.99. The van der Waals surface area contributed by atoms with Crippen LogP contribution in [0.15, 0.2) is 28.7 Å². The van der Waals surface area contributed by atoms with Crippen molar-refractivity contribution in [3.05, 3.63) is 33.5 Å². The van der Waals surface area contributed by atoms with Gasteiger partial charge in [0.25, 0.3) is 0 Å². The maximum absolute atomic E-state index is 14.4. The summed E-state index contributed by atoms with van der Waals surface area (Å²) in [4.78, 5) is 51.1. The highest BCUT2D eigenvalue weighted by molar-refractivity contribution is 7.09. The van der Waals surface area contributed by atoms with Crippen LogP contribution >= 0.6 is 11.3 Å². The van der Waals surface area contributed by atoms with Crippen molar-refractivity contribution in [3.63, 3.8) is 0 Å². The van der Waals surface area contributed by atoms with Crippen molar-refractivity contribution in [3.8, 4) is 0 Å². The topological polar surface area (TPSA) is 172 Å². The molecular weight excluding hydrogens is 626 g/mol. The molecule has 1 amide bonds. The molecule has 0 aromatic carbocycles. The quantitative estimate of drug-likeness (QED) is 0.217. The van der Waals surface area contributed by atoms with Crippen molar-refractivity contribution in [2.75, 3.05) is 6.61 Å². The Morgan fingerprint density at radius 3 is 2.45 bits per heavy atom. The smallest absolute Gasteiger partial charge is 0.404 e. The number of aliphatic hydroxyl groups excluding tert-OH is 1. The number of carbonyl (C=O) groups excluding carboxylic acids is 4. The van der Waals surface area contributed by atoms with Crippen LogP contribution in [0.1, 0.15) is 90.4 Å². The molecule has 5 aliphatic carbocycles. The second kappa shape index (κ2) is 12.3. The van der Waals surface area contributed by atoms with E-state index in [9.17, 15) is 29.4 Å². The van der Waals surface area contributed by atoms with E-state index in [1.165, 1.54) is 0 Å². The summed E-state index contributed by atoms with van der Waals surface area (Å²) in [5, 5.41) is 25.6. The van der Waals surface area contributed by atoms with Crippen LogP contribution in [0.3, 0.4) is 0 Å². The van der Waals surface area contributed by atoms with Crippen molar-refractivity contribution < 1.29 is 48.3 Å². The Labute approximate surface area is 279 Å². The Kier molecular flexibility index (Phi) is 8.89. The van der Waals surface area contributed by atoms with Gasteiger partial charge in [0.15, 0.2) is 11.9 Å². The molecule has 9 atom stereocenters. The number of ketones is 1. The molecule has 12 heteroatoms. The molecule has 0 bridgehead atoms. The average molecular weight is 674 g/mol. The Hall–Kier alpha value is -2.80. The molecule has 4 saturated carbocycles. The third-order valence-electron chi connectivity index (χ3n) is 12.5. The minimum Gasteiger partial charge on any atom is -0.458 e. The van der Waals surface area contributed by atoms with Gasteiger partial charge in [-0.25, -0.2) is 4.79 Å². The van der Waals surface area contributed by atoms with Gasteiger partial charge in [0, 0.05) is 40.9 Å². The predicted octanol–water partition coefficient (Wildman–Crippen LogP) is 4.15. The maximum Gasteiger partial charge on any atom is 0.404 e. The van der Waals surface area contributed by atoms with Crippen LogP contribution in [0.5, 0.6) is 0 Å². The first kappa shape index (κ1) is 34.1. The number of thiophene rings is 1. The Balaban J connectivity index is 0.000000373. The summed E-state index contributed by atoms with van der Waals surface area (Å²) >= 11 is 1.58. The first-order valence-electron chi connectivity index (χ1n) is 16.9. The van der Waals surface area contributed by atoms with Crippen LogP contribution in [-0.4, -0.2) is 76.8 Å². The SMILES string of the molecule is CCC(=O)OC1C(=O)[C@]2(C)C(O)C[C@H]3OC[C@H]3C23CC2(O)C[C@H](OC(=O)CCc4cccs4)C(C)=C1[C@@]23C.NC(=O)OC1CCCC1. The molecular formula is C35H47NO10S. The molecule has 47 heavy (non-hydrogen) atoms. The monoisotopic (exact) mass is 673 g/mol. The summed E-state index contributed by atoms with van der Waals surface area (Å²) in [7, 11) is 0. The van der Waals surface area contributed by atoms with Crippen LogP contribution in [-0.2, 0) is 39.8 Å². The average Bonchev–Trinajstić information content (AvgIpc) is 3.73. The fraction of sp³-hybridized carbons (Fsp3) is 0.714. The highest BCUT2D eigenvalue weighted by Crippen LogP contribution is 2.84. The number of ether oxygens (including phenoxy) is 4. The van der Waals surface area contributed by atoms with E-state index in [0.717, 1.165) is 30.6 Å². The van der Waals surface area contributed by atoms with Gasteiger partial charge in [-0.15, -0.1) is 11.3 Å². The number of amides is 1. The van der Waals surface area contributed by atoms with Crippen LogP contribution in [0.4, 0.5) is 4.79 Å². The molecule has 0 radical (unpaired) electrons. The van der Waals surface area contributed by atoms with E-state index in [-0.39, 0.29) is 55.6 Å². The summed E-state index contributed by atoms with van der Waals surface area (Å²) in [5.74, 6) is -1.26. The normalized spacial score (nSPS) is 40.0. The molecule has 1 spiro atoms. The van der Waals surface area contributed by atoms with E-state index in [2.05, 4.69) is 0 Å². The molecule has 11 nitrogen and oxygen atoms in total. The van der Waals surface area contributed by atoms with Crippen LogP contribution in [0, 0.1) is 22.2 Å². The van der Waals surface area contributed by atoms with E-state index < -0.39 is 52.2 Å². The number of aryl methyl sites for hydroxylation is 1. The largest absolute Gasteiger partial charge is 0.458 e. The van der Waals surface area contributed by atoms with Crippen molar-refractivity contribution in [2.24, 2.45) is 27.9 Å². The zero-order valence-corrected chi connectivity index (χ0v) is 28.4. The second-order valence-electron chi connectivity index (χ2n) is 14.5. The number of esters is 2. The van der Waals surface area contributed by atoms with Crippen molar-refractivity contribution in [2.45, 2.75) is 128 Å². The number of aliphatic hydroxyl groups is 2. The molecule has 7 rings (SSSR count). The predicted molar refractivity (Wildman–Crippen MR) is 170 cm³/mol. The van der Waals surface area contributed by atoms with E-state index in [4.69, 9.17) is 24.7 Å². The first-order valence-corrected chi connectivity index (χ1v) is 17.8. The second-order valence-corrected chi connectivity index (χ2v) is 15.6. The first-order chi connectivity index (χ1) is 22.2. The third-order valence-corrected chi connectivity index (χ3v) is 13.5. The van der Waals surface area contributed by atoms with E-state index in [1.807, 2.05) is 31.4 Å². The standard InChI is InChI=1S/C29H36O8S.C6H11NO2/c1-5-21(31)37-24-23-15(2)19(36-22(32)9-8-16-7-6-10-38-16)12-28(34)14-29(27(23,28)4)17-13-35-18(17)11-20(30)26(29,3)25(24)33;7-6(8)9-5-3-1-2-4-5/h6-7,10,17-20,24,30,34H,5,8-9,11-14H2,1-4H3;5H,1-4H2,(H2,7,8)/t17-,18-,19+,20?,24?,26+,27+,28?,29?;/m1./s1. The zero-order valence-electron chi connectivity index (χ0n) is 27.6. The van der Waals surface area contributed by atoms with E-state index >= 15 is 0 Å². The number of rotatable bonds is 7. The van der Waals surface area contributed by atoms with Crippen molar-refractivity contribution in [1.82, 2.24) is 0 Å². The van der Waals surface area contributed by atoms with Crippen LogP contribution in [0.2, 0.25) is 0 Å². The maximum atomic E-state index is 14.4. The minimum absolute atomic E-state index is 0.0133. The fourth-order valence-corrected chi connectivity index (χ4v) is 10.8. The lowest BCUT2D eigenvalue weighted by molar-refractivity contribution is -0.388. The van der Waals surface area contributed by atoms with Crippen LogP contribution in [0.25, 0.3) is 0 Å². The summed E-state index contributed by atoms with van der Waals surface area (Å²) < 4.78 is 22.3. The number of carbonyl (C=O) groups is 4. The Bertz CT molecular complexity index is 1450. The molecule has 1 aliphatic heterocycles. The van der Waals surface area contributed by atoms with E-state index in [0.29, 0.717) is 30.6 Å². The highest BCUT2D eigenvalue weighted by atomic mass is 32.1. The lowest BCUT2D eigenvalue weighted by atomic mass is 9.22. The number of primary amides is 1. The molecule has 1 aromatic rings. The molecule has 4 N–H and O–H groups in total. The molecule has 258 valence electrons. The molecule has 2 heterocycles. The number of nitrogens with two attached hydrogens (primary N) is 1. The van der Waals surface area contributed by atoms with Crippen molar-refractivity contribution in [1.29, 1.82) is 0 Å². The number of hydrogen-bond acceptors (Lipinski definition) is 11. The van der Waals surface area contributed by atoms with Gasteiger partial charge in [-0.3, -0.25) is 14.4 Å². The molecule has 5 fully saturated rings. The highest BCUT2D eigenvalue weighted by Gasteiger charge is 2.89. The molecule has 1 saturated heterocycles. The Morgan fingerprint density at radius 2 is 1.85 bits per heavy atom. The summed E-state index contributed by atoms with van der Waals surface area (Å²) in [6.07, 6.45) is 2.29. The summed E-state index contributed by atoms with van der Waals surface area (Å²) in [5.41, 5.74) is 1.78. The van der Waals surface area contributed by atoms with E-state index in [1.54, 1.807) is 25.2 Å². The lowest BCUT2D eigenvalue weighted by Crippen LogP contribution is -2.88. The number of fused-ring (bicyclic) bond motifs is 1. The minimum atomic E-state index is -1.30. The Morgan fingerprint density at radius 1 is 1.13 bits per heavy atom. The van der Waals surface area contributed by atoms with Gasteiger partial charge in [0.05, 0.1) is 36.3 Å². The lowest BCUT2D eigenvalue weighted by Gasteiger charge is -2.83. The van der Waals surface area contributed by atoms with Crippen LogP contribution < -0.4 is 5.73 Å². The fourth-order valence-electron chi connectivity index (χ4n) is 10.1. The molecule has 4 unspecified atom stereocenters. The van der Waals surface area contributed by atoms with Crippen molar-refractivity contribution >= 4 is 35.2 Å². The number of Topliss-reactive ketones (excluding diaryl/α,β-unsaturated/α-hetero) is 1. The number of hydrogen-bond donors (Lipinski definition) is 3. The van der Waals surface area contributed by atoms with Gasteiger partial charge in [-0.05, 0) is 75.0 Å². The summed E-state index contributed by atoms with van der Waals surface area (Å²) in [6, 6.07) is 3.91.